The number of Topliss-reactive ketones (excluding diaryl/α,β-unsaturated/α-hetero) is 1. The Balaban J connectivity index is 1.83. The predicted molar refractivity (Wildman–Crippen MR) is 127 cm³/mol. The van der Waals surface area contributed by atoms with E-state index >= 15 is 0 Å². The molecule has 1 aromatic carbocycles. The average Bonchev–Trinajstić information content (AvgIpc) is 2.69. The number of H-pyrrole nitrogens is 1. The topological polar surface area (TPSA) is 74.8 Å². The standard InChI is InChI=1S/C24H28ClN3O2S/c1-4-5-8-11-31-23-27-21-20(22(30)28-23)18(14-9-6-7-10-15(14)25)19-16(26-21)12-24(2,3)13-17(19)29/h6-7,9-10,18H,4-5,8,11-13H2,1-3H3,(H2,26,27,28,30)/t18-/m0/s1. The molecule has 0 amide bonds. The highest BCUT2D eigenvalue weighted by atomic mass is 35.5. The number of anilines is 1. The maximum Gasteiger partial charge on any atom is 0.257 e. The van der Waals surface area contributed by atoms with Gasteiger partial charge in [0, 0.05) is 34.4 Å². The maximum absolute atomic E-state index is 13.3. The molecule has 5 nitrogen and oxygen atoms in total. The lowest BCUT2D eigenvalue weighted by atomic mass is 9.69. The van der Waals surface area contributed by atoms with Gasteiger partial charge in [-0.25, -0.2) is 4.98 Å². The van der Waals surface area contributed by atoms with E-state index in [0.717, 1.165) is 42.7 Å². The quantitative estimate of drug-likeness (QED) is 0.320. The first-order valence-corrected chi connectivity index (χ1v) is 12.2. The first-order valence-electron chi connectivity index (χ1n) is 10.9. The molecule has 2 aliphatic rings. The van der Waals surface area contributed by atoms with Crippen LogP contribution in [0.3, 0.4) is 0 Å². The number of hydrogen-bond donors (Lipinski definition) is 2. The number of unbranched alkanes of at least 4 members (excludes halogenated alkanes) is 2. The summed E-state index contributed by atoms with van der Waals surface area (Å²) in [6.45, 7) is 6.36. The van der Waals surface area contributed by atoms with Crippen molar-refractivity contribution in [2.45, 2.75) is 63.9 Å². The Morgan fingerprint density at radius 2 is 1.97 bits per heavy atom. The Hall–Kier alpha value is -2.05. The van der Waals surface area contributed by atoms with Crippen molar-refractivity contribution in [1.82, 2.24) is 9.97 Å². The van der Waals surface area contributed by atoms with Crippen LogP contribution in [0.2, 0.25) is 5.02 Å². The highest BCUT2D eigenvalue weighted by Crippen LogP contribution is 2.48. The van der Waals surface area contributed by atoms with Crippen LogP contribution in [0.25, 0.3) is 0 Å². The molecule has 1 atom stereocenters. The van der Waals surface area contributed by atoms with Crippen LogP contribution < -0.4 is 10.9 Å². The summed E-state index contributed by atoms with van der Waals surface area (Å²) >= 11 is 8.11. The molecule has 0 spiro atoms. The molecule has 7 heteroatoms. The summed E-state index contributed by atoms with van der Waals surface area (Å²) in [5.74, 6) is 0.991. The number of allylic oxidation sites excluding steroid dienone is 2. The number of aromatic amines is 1. The van der Waals surface area contributed by atoms with Crippen molar-refractivity contribution in [1.29, 1.82) is 0 Å². The normalized spacial score (nSPS) is 19.6. The number of carbonyl (C=O) groups is 1. The van der Waals surface area contributed by atoms with Gasteiger partial charge in [-0.05, 0) is 29.9 Å². The van der Waals surface area contributed by atoms with Crippen LogP contribution in [0, 0.1) is 5.41 Å². The molecule has 0 saturated heterocycles. The van der Waals surface area contributed by atoms with E-state index in [0.29, 0.717) is 33.6 Å². The zero-order valence-corrected chi connectivity index (χ0v) is 19.8. The first kappa shape index (κ1) is 22.2. The molecular weight excluding hydrogens is 430 g/mol. The monoisotopic (exact) mass is 457 g/mol. The molecule has 2 heterocycles. The predicted octanol–water partition coefficient (Wildman–Crippen LogP) is 5.91. The number of nitrogens with zero attached hydrogens (tertiary/aromatic N) is 1. The second-order valence-electron chi connectivity index (χ2n) is 9.10. The molecule has 1 aliphatic carbocycles. The molecule has 1 aromatic heterocycles. The number of rotatable bonds is 6. The highest BCUT2D eigenvalue weighted by molar-refractivity contribution is 7.99. The summed E-state index contributed by atoms with van der Waals surface area (Å²) in [7, 11) is 0. The van der Waals surface area contributed by atoms with Crippen LogP contribution >= 0.6 is 23.4 Å². The van der Waals surface area contributed by atoms with Crippen LogP contribution in [0.1, 0.15) is 69.9 Å². The Morgan fingerprint density at radius 1 is 1.19 bits per heavy atom. The molecule has 0 saturated carbocycles. The van der Waals surface area contributed by atoms with Gasteiger partial charge < -0.3 is 10.3 Å². The van der Waals surface area contributed by atoms with Crippen LogP contribution in [-0.2, 0) is 4.79 Å². The Kier molecular flexibility index (Phi) is 6.31. The molecule has 2 N–H and O–H groups in total. The Labute approximate surface area is 192 Å². The summed E-state index contributed by atoms with van der Waals surface area (Å²) in [6.07, 6.45) is 4.55. The van der Waals surface area contributed by atoms with Gasteiger partial charge in [-0.15, -0.1) is 0 Å². The van der Waals surface area contributed by atoms with Crippen molar-refractivity contribution in [2.24, 2.45) is 5.41 Å². The van der Waals surface area contributed by atoms with Crippen molar-refractivity contribution in [3.63, 3.8) is 0 Å². The van der Waals surface area contributed by atoms with E-state index in [2.05, 4.69) is 31.1 Å². The number of halogens is 1. The number of hydrogen-bond acceptors (Lipinski definition) is 5. The van der Waals surface area contributed by atoms with Crippen LogP contribution in [0.5, 0.6) is 0 Å². The summed E-state index contributed by atoms with van der Waals surface area (Å²) < 4.78 is 0. The Bertz CT molecular complexity index is 1110. The third-order valence-corrected chi connectivity index (χ3v) is 7.21. The lowest BCUT2D eigenvalue weighted by Crippen LogP contribution is -2.37. The highest BCUT2D eigenvalue weighted by Gasteiger charge is 2.42. The van der Waals surface area contributed by atoms with Gasteiger partial charge in [0.15, 0.2) is 10.9 Å². The van der Waals surface area contributed by atoms with E-state index in [1.54, 1.807) is 17.8 Å². The van der Waals surface area contributed by atoms with E-state index in [1.165, 1.54) is 0 Å². The molecule has 31 heavy (non-hydrogen) atoms. The van der Waals surface area contributed by atoms with Gasteiger partial charge in [0.1, 0.15) is 5.82 Å². The van der Waals surface area contributed by atoms with Crippen molar-refractivity contribution in [2.75, 3.05) is 11.1 Å². The lowest BCUT2D eigenvalue weighted by molar-refractivity contribution is -0.118. The largest absolute Gasteiger partial charge is 0.343 e. The third-order valence-electron chi connectivity index (χ3n) is 5.90. The fraction of sp³-hybridized carbons (Fsp3) is 0.458. The number of nitrogens with one attached hydrogen (secondary N) is 2. The second kappa shape index (κ2) is 8.83. The Morgan fingerprint density at radius 3 is 2.71 bits per heavy atom. The fourth-order valence-electron chi connectivity index (χ4n) is 4.50. The van der Waals surface area contributed by atoms with Gasteiger partial charge in [0.2, 0.25) is 0 Å². The summed E-state index contributed by atoms with van der Waals surface area (Å²) in [6, 6.07) is 7.44. The van der Waals surface area contributed by atoms with E-state index in [9.17, 15) is 9.59 Å². The van der Waals surface area contributed by atoms with Crippen LogP contribution in [0.4, 0.5) is 5.82 Å². The molecule has 0 unspecified atom stereocenters. The van der Waals surface area contributed by atoms with Crippen LogP contribution in [-0.4, -0.2) is 21.5 Å². The maximum atomic E-state index is 13.3. The van der Waals surface area contributed by atoms with E-state index in [1.807, 2.05) is 18.2 Å². The summed E-state index contributed by atoms with van der Waals surface area (Å²) in [4.78, 5) is 34.2. The number of benzene rings is 1. The van der Waals surface area contributed by atoms with Crippen LogP contribution in [0.15, 0.2) is 45.5 Å². The first-order chi connectivity index (χ1) is 14.8. The molecule has 4 rings (SSSR count). The van der Waals surface area contributed by atoms with Gasteiger partial charge in [-0.3, -0.25) is 9.59 Å². The number of ketones is 1. The average molecular weight is 458 g/mol. The molecule has 0 bridgehead atoms. The van der Waals surface area contributed by atoms with E-state index < -0.39 is 5.92 Å². The van der Waals surface area contributed by atoms with Crippen molar-refractivity contribution in [3.05, 3.63) is 62.0 Å². The molecule has 0 radical (unpaired) electrons. The molecule has 1 aliphatic heterocycles. The minimum atomic E-state index is -0.515. The lowest BCUT2D eigenvalue weighted by Gasteiger charge is -2.38. The minimum absolute atomic E-state index is 0.0618. The van der Waals surface area contributed by atoms with Crippen molar-refractivity contribution in [3.8, 4) is 0 Å². The number of thioether (sulfide) groups is 1. The third kappa shape index (κ3) is 4.46. The SMILES string of the molecule is CCCCCSc1nc2c(c(=O)[nH]1)[C@@H](c1ccccc1Cl)C1=C(CC(C)(C)CC1=O)N2. The second-order valence-corrected chi connectivity index (χ2v) is 10.6. The fourth-order valence-corrected chi connectivity index (χ4v) is 5.61. The van der Waals surface area contributed by atoms with Gasteiger partial charge in [0.25, 0.3) is 5.56 Å². The zero-order valence-electron chi connectivity index (χ0n) is 18.2. The van der Waals surface area contributed by atoms with Gasteiger partial charge in [0.05, 0.1) is 5.56 Å². The molecule has 0 fully saturated rings. The summed E-state index contributed by atoms with van der Waals surface area (Å²) in [5.41, 5.74) is 2.38. The number of fused-ring (bicyclic) bond motifs is 1. The van der Waals surface area contributed by atoms with Crippen molar-refractivity contribution >= 4 is 35.0 Å². The number of aromatic nitrogens is 2. The van der Waals surface area contributed by atoms with E-state index in [4.69, 9.17) is 16.6 Å². The molecule has 164 valence electrons. The molecule has 2 aromatic rings. The van der Waals surface area contributed by atoms with Gasteiger partial charge in [-0.2, -0.15) is 0 Å². The smallest absolute Gasteiger partial charge is 0.257 e. The molecular formula is C24H28ClN3O2S. The van der Waals surface area contributed by atoms with Crippen molar-refractivity contribution < 1.29 is 4.79 Å². The summed E-state index contributed by atoms with van der Waals surface area (Å²) in [5, 5.41) is 4.51. The van der Waals surface area contributed by atoms with E-state index in [-0.39, 0.29) is 16.8 Å². The van der Waals surface area contributed by atoms with Gasteiger partial charge in [-0.1, -0.05) is 75.2 Å². The minimum Gasteiger partial charge on any atom is -0.343 e. The zero-order chi connectivity index (χ0) is 22.2. The number of carbonyl (C=O) groups excluding carboxylic acids is 1. The van der Waals surface area contributed by atoms with Gasteiger partial charge >= 0.3 is 0 Å².